The predicted octanol–water partition coefficient (Wildman–Crippen LogP) is 2.40. The number of fused-ring (bicyclic) bond motifs is 1. The van der Waals surface area contributed by atoms with Crippen LogP contribution in [0, 0.1) is 10.1 Å². The van der Waals surface area contributed by atoms with Crippen LogP contribution in [-0.2, 0) is 9.53 Å². The fraction of sp³-hybridized carbons (Fsp3) is 0.200. The molecule has 1 aliphatic rings. The van der Waals surface area contributed by atoms with Gasteiger partial charge in [0.05, 0.1) is 22.7 Å². The number of nitro benzene ring substituents is 1. The van der Waals surface area contributed by atoms with E-state index in [4.69, 9.17) is 4.74 Å². The summed E-state index contributed by atoms with van der Waals surface area (Å²) in [6.45, 7) is 1.72. The molecule has 0 radical (unpaired) electrons. The molecular weight excluding hydrogens is 394 g/mol. The lowest BCUT2D eigenvalue weighted by atomic mass is 10.1. The van der Waals surface area contributed by atoms with Gasteiger partial charge in [0.15, 0.2) is 0 Å². The summed E-state index contributed by atoms with van der Waals surface area (Å²) in [5.41, 5.74) is -0.000342. The van der Waals surface area contributed by atoms with E-state index in [-0.39, 0.29) is 30.7 Å². The van der Waals surface area contributed by atoms with Gasteiger partial charge < -0.3 is 10.1 Å². The molecule has 0 unspecified atom stereocenters. The summed E-state index contributed by atoms with van der Waals surface area (Å²) in [7, 11) is 0. The summed E-state index contributed by atoms with van der Waals surface area (Å²) in [4.78, 5) is 59.9. The zero-order valence-electron chi connectivity index (χ0n) is 15.9. The number of anilines is 1. The van der Waals surface area contributed by atoms with Crippen LogP contribution in [0.3, 0.4) is 0 Å². The molecule has 1 aliphatic heterocycles. The van der Waals surface area contributed by atoms with Gasteiger partial charge in [-0.1, -0.05) is 6.07 Å². The molecule has 0 saturated carbocycles. The van der Waals surface area contributed by atoms with E-state index in [1.54, 1.807) is 6.92 Å². The number of imide groups is 1. The number of nitrogens with one attached hydrogen (secondary N) is 1. The minimum atomic E-state index is -0.797. The first-order chi connectivity index (χ1) is 14.3. The molecule has 30 heavy (non-hydrogen) atoms. The van der Waals surface area contributed by atoms with Crippen LogP contribution < -0.4 is 5.32 Å². The molecule has 2 aromatic rings. The molecule has 0 bridgehead atoms. The average molecular weight is 411 g/mol. The zero-order valence-corrected chi connectivity index (χ0v) is 15.9. The maximum atomic E-state index is 12.5. The summed E-state index contributed by atoms with van der Waals surface area (Å²) >= 11 is 0. The van der Waals surface area contributed by atoms with Gasteiger partial charge in [-0.05, 0) is 37.3 Å². The van der Waals surface area contributed by atoms with Crippen molar-refractivity contribution >= 4 is 35.1 Å². The third kappa shape index (κ3) is 4.02. The summed E-state index contributed by atoms with van der Waals surface area (Å²) in [6, 6.07) is 9.87. The van der Waals surface area contributed by atoms with E-state index < -0.39 is 34.3 Å². The van der Waals surface area contributed by atoms with Crippen LogP contribution in [0.15, 0.2) is 42.5 Å². The van der Waals surface area contributed by atoms with Gasteiger partial charge in [0.2, 0.25) is 5.91 Å². The van der Waals surface area contributed by atoms with E-state index >= 15 is 0 Å². The highest BCUT2D eigenvalue weighted by Gasteiger charge is 2.40. The van der Waals surface area contributed by atoms with Gasteiger partial charge in [-0.15, -0.1) is 0 Å². The molecule has 154 valence electrons. The first-order valence-electron chi connectivity index (χ1n) is 9.04. The van der Waals surface area contributed by atoms with E-state index in [9.17, 15) is 29.3 Å². The Labute approximate surface area is 170 Å². The predicted molar refractivity (Wildman–Crippen MR) is 104 cm³/mol. The van der Waals surface area contributed by atoms with Crippen molar-refractivity contribution in [2.75, 3.05) is 18.5 Å². The highest BCUT2D eigenvalue weighted by molar-refractivity contribution is 6.23. The van der Waals surface area contributed by atoms with Crippen molar-refractivity contribution in [3.8, 4) is 0 Å². The molecule has 0 atom stereocenters. The Kier molecular flexibility index (Phi) is 5.86. The van der Waals surface area contributed by atoms with Gasteiger partial charge in [0.1, 0.15) is 5.56 Å². The summed E-state index contributed by atoms with van der Waals surface area (Å²) in [5.74, 6) is -2.42. The van der Waals surface area contributed by atoms with E-state index in [0.29, 0.717) is 11.3 Å². The van der Waals surface area contributed by atoms with Crippen LogP contribution in [0.4, 0.5) is 11.4 Å². The van der Waals surface area contributed by atoms with Crippen LogP contribution in [0.25, 0.3) is 0 Å². The Morgan fingerprint density at radius 1 is 1.10 bits per heavy atom. The van der Waals surface area contributed by atoms with Gasteiger partial charge in [-0.25, -0.2) is 4.79 Å². The molecule has 1 N–H and O–H groups in total. The summed E-state index contributed by atoms with van der Waals surface area (Å²) in [5, 5.41) is 13.7. The van der Waals surface area contributed by atoms with Gasteiger partial charge in [-0.2, -0.15) is 0 Å². The Hall–Kier alpha value is -4.08. The number of carbonyl (C=O) groups is 4. The summed E-state index contributed by atoms with van der Waals surface area (Å²) in [6.07, 6.45) is -0.196. The third-order valence-corrected chi connectivity index (χ3v) is 4.42. The molecule has 0 aliphatic carbocycles. The van der Waals surface area contributed by atoms with Crippen molar-refractivity contribution in [3.63, 3.8) is 0 Å². The molecule has 3 rings (SSSR count). The van der Waals surface area contributed by atoms with Crippen LogP contribution >= 0.6 is 0 Å². The lowest BCUT2D eigenvalue weighted by molar-refractivity contribution is -0.385. The highest BCUT2D eigenvalue weighted by atomic mass is 16.6. The van der Waals surface area contributed by atoms with Crippen LogP contribution in [0.2, 0.25) is 0 Å². The van der Waals surface area contributed by atoms with Crippen molar-refractivity contribution in [1.82, 2.24) is 4.90 Å². The molecule has 0 aromatic heterocycles. The zero-order chi connectivity index (χ0) is 21.8. The number of benzene rings is 2. The Morgan fingerprint density at radius 2 is 1.80 bits per heavy atom. The van der Waals surface area contributed by atoms with Crippen molar-refractivity contribution < 1.29 is 28.8 Å². The Morgan fingerprint density at radius 3 is 2.43 bits per heavy atom. The minimum absolute atomic E-state index is 0.0517. The van der Waals surface area contributed by atoms with E-state index in [1.807, 2.05) is 0 Å². The summed E-state index contributed by atoms with van der Waals surface area (Å²) < 4.78 is 4.88. The number of nitrogens with zero attached hydrogens (tertiary/aromatic N) is 2. The first-order valence-corrected chi connectivity index (χ1v) is 9.04. The van der Waals surface area contributed by atoms with E-state index in [0.717, 1.165) is 11.0 Å². The van der Waals surface area contributed by atoms with Gasteiger partial charge >= 0.3 is 5.97 Å². The number of esters is 1. The first kappa shape index (κ1) is 20.6. The number of amides is 3. The molecule has 10 nitrogen and oxygen atoms in total. The minimum Gasteiger partial charge on any atom is -0.462 e. The van der Waals surface area contributed by atoms with Crippen LogP contribution in [0.1, 0.15) is 44.4 Å². The number of carbonyl (C=O) groups excluding carboxylic acids is 4. The SMILES string of the molecule is CCOC(=O)c1ccc(NC(=O)CCN2C(=O)c3cccc([N+](=O)[O-])c3C2=O)cc1. The second kappa shape index (κ2) is 8.52. The molecule has 3 amide bonds. The molecular formula is C20H17N3O7. The smallest absolute Gasteiger partial charge is 0.338 e. The van der Waals surface area contributed by atoms with E-state index in [1.165, 1.54) is 36.4 Å². The maximum absolute atomic E-state index is 12.5. The second-order valence-corrected chi connectivity index (χ2v) is 6.31. The molecule has 0 saturated heterocycles. The maximum Gasteiger partial charge on any atom is 0.338 e. The molecule has 0 spiro atoms. The fourth-order valence-electron chi connectivity index (χ4n) is 3.01. The van der Waals surface area contributed by atoms with Crippen molar-refractivity contribution in [2.24, 2.45) is 0 Å². The van der Waals surface area contributed by atoms with Crippen LogP contribution in [-0.4, -0.2) is 46.7 Å². The van der Waals surface area contributed by atoms with Gasteiger partial charge in [0, 0.05) is 24.7 Å². The fourth-order valence-corrected chi connectivity index (χ4v) is 3.01. The topological polar surface area (TPSA) is 136 Å². The third-order valence-electron chi connectivity index (χ3n) is 4.42. The molecule has 2 aromatic carbocycles. The number of hydrogen-bond donors (Lipinski definition) is 1. The standard InChI is InChI=1S/C20H17N3O7/c1-2-30-20(27)12-6-8-13(9-7-12)21-16(24)10-11-22-18(25)14-4-3-5-15(23(28)29)17(14)19(22)26/h3-9H,2,10-11H2,1H3,(H,21,24). The Balaban J connectivity index is 1.62. The Bertz CT molecular complexity index is 1050. The quantitative estimate of drug-likeness (QED) is 0.320. The molecule has 0 fully saturated rings. The van der Waals surface area contributed by atoms with Crippen LogP contribution in [0.5, 0.6) is 0 Å². The number of ether oxygens (including phenoxy) is 1. The normalized spacial score (nSPS) is 12.5. The molecule has 10 heteroatoms. The van der Waals surface area contributed by atoms with Gasteiger partial charge in [0.25, 0.3) is 17.5 Å². The lowest BCUT2D eigenvalue weighted by Gasteiger charge is -2.13. The largest absolute Gasteiger partial charge is 0.462 e. The lowest BCUT2D eigenvalue weighted by Crippen LogP contribution is -2.33. The average Bonchev–Trinajstić information content (AvgIpc) is 2.97. The molecule has 1 heterocycles. The van der Waals surface area contributed by atoms with Crippen molar-refractivity contribution in [3.05, 3.63) is 69.3 Å². The van der Waals surface area contributed by atoms with Crippen molar-refractivity contribution in [1.29, 1.82) is 0 Å². The number of nitro groups is 1. The number of rotatable bonds is 7. The number of hydrogen-bond acceptors (Lipinski definition) is 7. The van der Waals surface area contributed by atoms with E-state index in [2.05, 4.69) is 5.32 Å². The van der Waals surface area contributed by atoms with Gasteiger partial charge in [-0.3, -0.25) is 29.4 Å². The van der Waals surface area contributed by atoms with Crippen molar-refractivity contribution in [2.45, 2.75) is 13.3 Å². The monoisotopic (exact) mass is 411 g/mol. The highest BCUT2D eigenvalue weighted by Crippen LogP contribution is 2.30. The second-order valence-electron chi connectivity index (χ2n) is 6.31.